The summed E-state index contributed by atoms with van der Waals surface area (Å²) in [5, 5.41) is 15.5. The van der Waals surface area contributed by atoms with Crippen molar-refractivity contribution in [2.75, 3.05) is 12.4 Å². The SMILES string of the molecule is CN(Cc1cnn(C)c1)C(=O)Nc1ccc(F)cc1C#N. The van der Waals surface area contributed by atoms with Gasteiger partial charge in [-0.25, -0.2) is 9.18 Å². The summed E-state index contributed by atoms with van der Waals surface area (Å²) in [5.41, 5.74) is 1.25. The van der Waals surface area contributed by atoms with Gasteiger partial charge in [-0.3, -0.25) is 4.68 Å². The predicted molar refractivity (Wildman–Crippen MR) is 74.8 cm³/mol. The summed E-state index contributed by atoms with van der Waals surface area (Å²) in [4.78, 5) is 13.5. The Hall–Kier alpha value is -2.88. The highest BCUT2D eigenvalue weighted by Crippen LogP contribution is 2.16. The Balaban J connectivity index is 2.06. The summed E-state index contributed by atoms with van der Waals surface area (Å²) >= 11 is 0. The number of nitriles is 1. The van der Waals surface area contributed by atoms with Gasteiger partial charge in [0.1, 0.15) is 11.9 Å². The number of aromatic nitrogens is 2. The molecule has 0 atom stereocenters. The van der Waals surface area contributed by atoms with E-state index in [2.05, 4.69) is 10.4 Å². The molecule has 6 nitrogen and oxygen atoms in total. The van der Waals surface area contributed by atoms with Gasteiger partial charge in [-0.2, -0.15) is 10.4 Å². The third kappa shape index (κ3) is 3.57. The van der Waals surface area contributed by atoms with Crippen LogP contribution in [0.3, 0.4) is 0 Å². The van der Waals surface area contributed by atoms with E-state index in [-0.39, 0.29) is 17.3 Å². The van der Waals surface area contributed by atoms with Crippen molar-refractivity contribution in [2.45, 2.75) is 6.54 Å². The first-order valence-corrected chi connectivity index (χ1v) is 6.19. The summed E-state index contributed by atoms with van der Waals surface area (Å²) in [7, 11) is 3.42. The van der Waals surface area contributed by atoms with Gasteiger partial charge in [0.2, 0.25) is 0 Å². The lowest BCUT2D eigenvalue weighted by Crippen LogP contribution is -2.31. The smallest absolute Gasteiger partial charge is 0.321 e. The molecule has 0 saturated heterocycles. The summed E-state index contributed by atoms with van der Waals surface area (Å²) < 4.78 is 14.7. The van der Waals surface area contributed by atoms with E-state index in [1.807, 2.05) is 12.3 Å². The summed E-state index contributed by atoms with van der Waals surface area (Å²) in [6, 6.07) is 5.10. The van der Waals surface area contributed by atoms with E-state index < -0.39 is 5.82 Å². The standard InChI is InChI=1S/C14H14FN5O/c1-19(8-10-7-17-20(2)9-10)14(21)18-13-4-3-12(15)5-11(13)6-16/h3-5,7,9H,8H2,1-2H3,(H,18,21). The lowest BCUT2D eigenvalue weighted by Gasteiger charge is -2.17. The van der Waals surface area contributed by atoms with Crippen LogP contribution in [0.5, 0.6) is 0 Å². The van der Waals surface area contributed by atoms with Gasteiger partial charge in [-0.05, 0) is 18.2 Å². The highest BCUT2D eigenvalue weighted by atomic mass is 19.1. The molecule has 1 N–H and O–H groups in total. The van der Waals surface area contributed by atoms with E-state index >= 15 is 0 Å². The number of aryl methyl sites for hydroxylation is 1. The van der Waals surface area contributed by atoms with Crippen molar-refractivity contribution in [3.05, 3.63) is 47.5 Å². The molecule has 0 aliphatic heterocycles. The van der Waals surface area contributed by atoms with E-state index in [4.69, 9.17) is 5.26 Å². The average molecular weight is 287 g/mol. The predicted octanol–water partition coefficient (Wildman–Crippen LogP) is 2.09. The minimum Gasteiger partial charge on any atom is -0.323 e. The van der Waals surface area contributed by atoms with Crippen LogP contribution in [0.15, 0.2) is 30.6 Å². The number of nitrogens with zero attached hydrogens (tertiary/aromatic N) is 4. The second-order valence-corrected chi connectivity index (χ2v) is 4.61. The molecule has 2 rings (SSSR count). The molecule has 0 aliphatic carbocycles. The van der Waals surface area contributed by atoms with Crippen LogP contribution in [0.4, 0.5) is 14.9 Å². The number of carbonyl (C=O) groups excluding carboxylic acids is 1. The minimum absolute atomic E-state index is 0.0816. The number of carbonyl (C=O) groups is 1. The molecule has 0 spiro atoms. The highest BCUT2D eigenvalue weighted by molar-refractivity contribution is 5.90. The fourth-order valence-electron chi connectivity index (χ4n) is 1.83. The number of hydrogen-bond donors (Lipinski definition) is 1. The minimum atomic E-state index is -0.520. The van der Waals surface area contributed by atoms with Gasteiger partial charge in [-0.15, -0.1) is 0 Å². The zero-order valence-corrected chi connectivity index (χ0v) is 11.7. The molecular weight excluding hydrogens is 273 g/mol. The molecule has 0 unspecified atom stereocenters. The van der Waals surface area contributed by atoms with Crippen LogP contribution in [-0.2, 0) is 13.6 Å². The number of amides is 2. The summed E-state index contributed by atoms with van der Waals surface area (Å²) in [5.74, 6) is -0.520. The number of nitrogens with one attached hydrogen (secondary N) is 1. The van der Waals surface area contributed by atoms with E-state index in [0.29, 0.717) is 6.54 Å². The molecule has 21 heavy (non-hydrogen) atoms. The number of anilines is 1. The Morgan fingerprint density at radius 3 is 2.95 bits per heavy atom. The summed E-state index contributed by atoms with van der Waals surface area (Å²) in [6.45, 7) is 0.378. The zero-order valence-electron chi connectivity index (χ0n) is 11.7. The van der Waals surface area contributed by atoms with Crippen molar-refractivity contribution in [1.82, 2.24) is 14.7 Å². The Bertz CT molecular complexity index is 704. The molecule has 2 aromatic rings. The quantitative estimate of drug-likeness (QED) is 0.939. The Labute approximate surface area is 121 Å². The van der Waals surface area contributed by atoms with Crippen molar-refractivity contribution >= 4 is 11.7 Å². The van der Waals surface area contributed by atoms with Gasteiger partial charge in [0.15, 0.2) is 0 Å². The lowest BCUT2D eigenvalue weighted by atomic mass is 10.2. The Morgan fingerprint density at radius 2 is 2.33 bits per heavy atom. The van der Waals surface area contributed by atoms with Gasteiger partial charge in [0.25, 0.3) is 0 Å². The molecule has 0 aliphatic rings. The molecule has 1 aromatic heterocycles. The molecule has 0 saturated carbocycles. The first kappa shape index (κ1) is 14.5. The van der Waals surface area contributed by atoms with E-state index in [1.165, 1.54) is 17.0 Å². The van der Waals surface area contributed by atoms with Crippen LogP contribution >= 0.6 is 0 Å². The van der Waals surface area contributed by atoms with Crippen LogP contribution in [0.1, 0.15) is 11.1 Å². The maximum Gasteiger partial charge on any atom is 0.321 e. The first-order valence-electron chi connectivity index (χ1n) is 6.19. The van der Waals surface area contributed by atoms with E-state index in [1.54, 1.807) is 25.0 Å². The number of urea groups is 1. The van der Waals surface area contributed by atoms with Crippen LogP contribution in [0.2, 0.25) is 0 Å². The number of rotatable bonds is 3. The molecule has 108 valence electrons. The van der Waals surface area contributed by atoms with Gasteiger partial charge in [0.05, 0.1) is 24.0 Å². The average Bonchev–Trinajstić information content (AvgIpc) is 2.85. The second-order valence-electron chi connectivity index (χ2n) is 4.61. The van der Waals surface area contributed by atoms with Crippen molar-refractivity contribution < 1.29 is 9.18 Å². The molecular formula is C14H14FN5O. The zero-order chi connectivity index (χ0) is 15.4. The third-order valence-corrected chi connectivity index (χ3v) is 2.87. The molecule has 0 radical (unpaired) electrons. The number of hydrogen-bond acceptors (Lipinski definition) is 3. The van der Waals surface area contributed by atoms with Crippen molar-refractivity contribution in [3.8, 4) is 6.07 Å². The van der Waals surface area contributed by atoms with Crippen LogP contribution < -0.4 is 5.32 Å². The van der Waals surface area contributed by atoms with Crippen molar-refractivity contribution in [2.24, 2.45) is 7.05 Å². The number of halogens is 1. The van der Waals surface area contributed by atoms with Gasteiger partial charge < -0.3 is 10.2 Å². The molecule has 0 fully saturated rings. The van der Waals surface area contributed by atoms with E-state index in [9.17, 15) is 9.18 Å². The van der Waals surface area contributed by atoms with Gasteiger partial charge in [0, 0.05) is 25.9 Å². The Kier molecular flexibility index (Phi) is 4.18. The monoisotopic (exact) mass is 287 g/mol. The third-order valence-electron chi connectivity index (χ3n) is 2.87. The maximum atomic E-state index is 13.0. The Morgan fingerprint density at radius 1 is 1.57 bits per heavy atom. The highest BCUT2D eigenvalue weighted by Gasteiger charge is 2.13. The molecule has 7 heteroatoms. The van der Waals surface area contributed by atoms with Crippen molar-refractivity contribution in [3.63, 3.8) is 0 Å². The van der Waals surface area contributed by atoms with Crippen molar-refractivity contribution in [1.29, 1.82) is 5.26 Å². The normalized spacial score (nSPS) is 10.0. The molecule has 2 amide bonds. The van der Waals surface area contributed by atoms with Gasteiger partial charge >= 0.3 is 6.03 Å². The fraction of sp³-hybridized carbons (Fsp3) is 0.214. The van der Waals surface area contributed by atoms with Crippen LogP contribution in [-0.4, -0.2) is 27.8 Å². The second kappa shape index (κ2) is 6.05. The molecule has 1 heterocycles. The summed E-state index contributed by atoms with van der Waals surface area (Å²) in [6.07, 6.45) is 3.48. The van der Waals surface area contributed by atoms with E-state index in [0.717, 1.165) is 11.6 Å². The van der Waals surface area contributed by atoms with Gasteiger partial charge in [-0.1, -0.05) is 0 Å². The van der Waals surface area contributed by atoms with Crippen LogP contribution in [0, 0.1) is 17.1 Å². The largest absolute Gasteiger partial charge is 0.323 e. The molecule has 0 bridgehead atoms. The number of benzene rings is 1. The first-order chi connectivity index (χ1) is 9.99. The molecule has 1 aromatic carbocycles. The topological polar surface area (TPSA) is 74.0 Å². The lowest BCUT2D eigenvalue weighted by molar-refractivity contribution is 0.220. The fourth-order valence-corrected chi connectivity index (χ4v) is 1.83. The maximum absolute atomic E-state index is 13.0. The van der Waals surface area contributed by atoms with Crippen LogP contribution in [0.25, 0.3) is 0 Å².